The Morgan fingerprint density at radius 2 is 1.54 bits per heavy atom. The van der Waals surface area contributed by atoms with Gasteiger partial charge in [-0.15, -0.1) is 0 Å². The van der Waals surface area contributed by atoms with Gasteiger partial charge in [0.2, 0.25) is 0 Å². The number of hydrogen-bond acceptors (Lipinski definition) is 3. The average Bonchev–Trinajstić information content (AvgIpc) is 2.61. The van der Waals surface area contributed by atoms with E-state index in [2.05, 4.69) is 0 Å². The van der Waals surface area contributed by atoms with E-state index in [9.17, 15) is 18.3 Å². The van der Waals surface area contributed by atoms with E-state index >= 15 is 0 Å². The molecule has 2 aromatic carbocycles. The Hall–Kier alpha value is -2.34. The van der Waals surface area contributed by atoms with Crippen molar-refractivity contribution in [1.29, 1.82) is 0 Å². The highest BCUT2D eigenvalue weighted by molar-refractivity contribution is 7.93. The van der Waals surface area contributed by atoms with Crippen LogP contribution in [0.25, 0.3) is 0 Å². The molecule has 5 nitrogen and oxygen atoms in total. The second kappa shape index (κ2) is 7.91. The summed E-state index contributed by atoms with van der Waals surface area (Å²) in [5.41, 5.74) is 3.04. The molecule has 0 saturated heterocycles. The maximum absolute atomic E-state index is 13.4. The molecule has 0 heterocycles. The van der Waals surface area contributed by atoms with E-state index in [1.54, 1.807) is 12.1 Å². The lowest BCUT2D eigenvalue weighted by atomic mass is 10.0. The van der Waals surface area contributed by atoms with E-state index in [0.29, 0.717) is 18.5 Å². The van der Waals surface area contributed by atoms with Crippen molar-refractivity contribution in [3.63, 3.8) is 0 Å². The van der Waals surface area contributed by atoms with Gasteiger partial charge >= 0.3 is 5.97 Å². The predicted molar refractivity (Wildman–Crippen MR) is 103 cm³/mol. The molecule has 26 heavy (non-hydrogen) atoms. The van der Waals surface area contributed by atoms with Crippen LogP contribution in [0.4, 0.5) is 5.69 Å². The number of carboxylic acid groups (broad SMARTS) is 1. The van der Waals surface area contributed by atoms with Crippen LogP contribution in [0, 0.1) is 6.92 Å². The predicted octanol–water partition coefficient (Wildman–Crippen LogP) is 3.79. The molecule has 1 atom stereocenters. The molecule has 140 valence electrons. The largest absolute Gasteiger partial charge is 0.480 e. The molecule has 0 radical (unpaired) electrons. The average molecular weight is 375 g/mol. The minimum atomic E-state index is -4.03. The topological polar surface area (TPSA) is 74.7 Å². The van der Waals surface area contributed by atoms with Gasteiger partial charge in [-0.3, -0.25) is 4.31 Å². The number of nitrogens with zero attached hydrogens (tertiary/aromatic N) is 1. The first-order chi connectivity index (χ1) is 12.2. The van der Waals surface area contributed by atoms with Crippen molar-refractivity contribution in [1.82, 2.24) is 0 Å². The lowest BCUT2D eigenvalue weighted by Gasteiger charge is -2.31. The van der Waals surface area contributed by atoms with E-state index in [-0.39, 0.29) is 4.90 Å². The molecule has 0 aromatic heterocycles. The molecule has 1 N–H and O–H groups in total. The Balaban J connectivity index is 2.77. The first-order valence-corrected chi connectivity index (χ1v) is 10.1. The van der Waals surface area contributed by atoms with Crippen LogP contribution in [0.15, 0.2) is 47.4 Å². The monoisotopic (exact) mass is 375 g/mol. The standard InChI is InChI=1S/C20H25NO4S/c1-5-16-8-7-9-17(6-2)19(16)21(15(4)20(22)23)26(24,25)18-12-10-14(3)11-13-18/h7-13,15H,5-6H2,1-4H3,(H,22,23). The van der Waals surface area contributed by atoms with Crippen molar-refractivity contribution in [2.45, 2.75) is 51.5 Å². The van der Waals surface area contributed by atoms with Crippen LogP contribution < -0.4 is 4.31 Å². The van der Waals surface area contributed by atoms with Gasteiger partial charge in [-0.1, -0.05) is 49.7 Å². The van der Waals surface area contributed by atoms with Gasteiger partial charge in [0, 0.05) is 0 Å². The highest BCUT2D eigenvalue weighted by Gasteiger charge is 2.35. The molecule has 0 spiro atoms. The fourth-order valence-electron chi connectivity index (χ4n) is 2.94. The van der Waals surface area contributed by atoms with E-state index in [0.717, 1.165) is 21.0 Å². The molecule has 2 rings (SSSR count). The summed E-state index contributed by atoms with van der Waals surface area (Å²) in [4.78, 5) is 11.8. The highest BCUT2D eigenvalue weighted by Crippen LogP contribution is 2.33. The molecule has 0 fully saturated rings. The van der Waals surface area contributed by atoms with Crippen molar-refractivity contribution in [3.8, 4) is 0 Å². The van der Waals surface area contributed by atoms with Gasteiger partial charge in [-0.2, -0.15) is 0 Å². The van der Waals surface area contributed by atoms with Crippen LogP contribution in [-0.2, 0) is 27.7 Å². The fraction of sp³-hybridized carbons (Fsp3) is 0.350. The van der Waals surface area contributed by atoms with Gasteiger partial charge in [0.1, 0.15) is 6.04 Å². The number of para-hydroxylation sites is 1. The third kappa shape index (κ3) is 3.75. The molecule has 0 saturated carbocycles. The lowest BCUT2D eigenvalue weighted by molar-refractivity contribution is -0.137. The SMILES string of the molecule is CCc1cccc(CC)c1N(C(C)C(=O)O)S(=O)(=O)c1ccc(C)cc1. The second-order valence-electron chi connectivity index (χ2n) is 6.26. The summed E-state index contributed by atoms with van der Waals surface area (Å²) < 4.78 is 27.8. The number of anilines is 1. The summed E-state index contributed by atoms with van der Waals surface area (Å²) in [5, 5.41) is 9.59. The Morgan fingerprint density at radius 3 is 1.96 bits per heavy atom. The van der Waals surface area contributed by atoms with E-state index in [4.69, 9.17) is 0 Å². The number of aryl methyl sites for hydroxylation is 3. The van der Waals surface area contributed by atoms with Crippen LogP contribution in [0.2, 0.25) is 0 Å². The summed E-state index contributed by atoms with van der Waals surface area (Å²) >= 11 is 0. The second-order valence-corrected chi connectivity index (χ2v) is 8.08. The smallest absolute Gasteiger partial charge is 0.327 e. The number of aliphatic carboxylic acids is 1. The quantitative estimate of drug-likeness (QED) is 0.799. The van der Waals surface area contributed by atoms with Crippen LogP contribution >= 0.6 is 0 Å². The third-order valence-corrected chi connectivity index (χ3v) is 6.36. The summed E-state index contributed by atoms with van der Waals surface area (Å²) in [7, 11) is -4.03. The maximum Gasteiger partial charge on any atom is 0.327 e. The zero-order valence-electron chi connectivity index (χ0n) is 15.6. The zero-order valence-corrected chi connectivity index (χ0v) is 16.4. The van der Waals surface area contributed by atoms with Crippen molar-refractivity contribution in [3.05, 3.63) is 59.2 Å². The number of carbonyl (C=O) groups is 1. The van der Waals surface area contributed by atoms with E-state index in [1.807, 2.05) is 39.0 Å². The Morgan fingerprint density at radius 1 is 1.04 bits per heavy atom. The van der Waals surface area contributed by atoms with Crippen LogP contribution in [-0.4, -0.2) is 25.5 Å². The summed E-state index contributed by atoms with van der Waals surface area (Å²) in [6.45, 7) is 7.14. The third-order valence-electron chi connectivity index (χ3n) is 4.47. The van der Waals surface area contributed by atoms with E-state index < -0.39 is 22.0 Å². The Kier molecular flexibility index (Phi) is 6.08. The molecule has 2 aromatic rings. The first-order valence-electron chi connectivity index (χ1n) is 8.68. The van der Waals surface area contributed by atoms with Crippen molar-refractivity contribution < 1.29 is 18.3 Å². The fourth-order valence-corrected chi connectivity index (χ4v) is 4.63. The van der Waals surface area contributed by atoms with Crippen molar-refractivity contribution in [2.75, 3.05) is 4.31 Å². The van der Waals surface area contributed by atoms with Gasteiger partial charge in [0.25, 0.3) is 10.0 Å². The molecular weight excluding hydrogens is 350 g/mol. The molecule has 0 bridgehead atoms. The Bertz CT molecular complexity index is 866. The molecule has 0 aliphatic carbocycles. The van der Waals surface area contributed by atoms with Gasteiger partial charge in [-0.25, -0.2) is 13.2 Å². The number of rotatable bonds is 7. The molecule has 6 heteroatoms. The van der Waals surface area contributed by atoms with Crippen LogP contribution in [0.3, 0.4) is 0 Å². The Labute approximate surface area is 155 Å². The maximum atomic E-state index is 13.4. The van der Waals surface area contributed by atoms with Crippen LogP contribution in [0.1, 0.15) is 37.5 Å². The molecule has 0 aliphatic rings. The van der Waals surface area contributed by atoms with Crippen LogP contribution in [0.5, 0.6) is 0 Å². The van der Waals surface area contributed by atoms with Gasteiger partial charge in [0.15, 0.2) is 0 Å². The molecular formula is C20H25NO4S. The molecule has 0 aliphatic heterocycles. The summed E-state index contributed by atoms with van der Waals surface area (Å²) in [6.07, 6.45) is 1.21. The minimum Gasteiger partial charge on any atom is -0.480 e. The number of hydrogen-bond donors (Lipinski definition) is 1. The van der Waals surface area contributed by atoms with Crippen molar-refractivity contribution >= 4 is 21.7 Å². The number of sulfonamides is 1. The normalized spacial score (nSPS) is 12.6. The molecule has 1 unspecified atom stereocenters. The lowest BCUT2D eigenvalue weighted by Crippen LogP contribution is -2.44. The first kappa shape index (κ1) is 20.0. The van der Waals surface area contributed by atoms with Gasteiger partial charge in [0.05, 0.1) is 10.6 Å². The number of carboxylic acids is 1. The van der Waals surface area contributed by atoms with Gasteiger partial charge in [-0.05, 0) is 49.9 Å². The summed E-state index contributed by atoms with van der Waals surface area (Å²) in [6, 6.07) is 10.8. The number of benzene rings is 2. The van der Waals surface area contributed by atoms with Gasteiger partial charge < -0.3 is 5.11 Å². The minimum absolute atomic E-state index is 0.0872. The summed E-state index contributed by atoms with van der Waals surface area (Å²) in [5.74, 6) is -1.19. The highest BCUT2D eigenvalue weighted by atomic mass is 32.2. The zero-order chi connectivity index (χ0) is 19.5. The van der Waals surface area contributed by atoms with E-state index in [1.165, 1.54) is 19.1 Å². The van der Waals surface area contributed by atoms with Crippen molar-refractivity contribution in [2.24, 2.45) is 0 Å². The molecule has 0 amide bonds.